The first-order valence-corrected chi connectivity index (χ1v) is 9.62. The smallest absolute Gasteiger partial charge is 0.287 e. The molecule has 0 radical (unpaired) electrons. The summed E-state index contributed by atoms with van der Waals surface area (Å²) >= 11 is 0. The van der Waals surface area contributed by atoms with E-state index < -0.39 is 0 Å². The maximum Gasteiger partial charge on any atom is 0.287 e. The Morgan fingerprint density at radius 2 is 1.65 bits per heavy atom. The first-order valence-electron chi connectivity index (χ1n) is 9.62. The molecule has 2 aliphatic rings. The highest BCUT2D eigenvalue weighted by Gasteiger charge is 2.43. The predicted octanol–water partition coefficient (Wildman–Crippen LogP) is 2.76. The van der Waals surface area contributed by atoms with Crippen molar-refractivity contribution < 1.29 is 19.3 Å². The van der Waals surface area contributed by atoms with Crippen molar-refractivity contribution in [1.29, 1.82) is 0 Å². The Bertz CT molecular complexity index is 740. The van der Waals surface area contributed by atoms with E-state index in [9.17, 15) is 9.59 Å². The fourth-order valence-electron chi connectivity index (χ4n) is 5.17. The van der Waals surface area contributed by atoms with Crippen LogP contribution in [0.5, 0.6) is 0 Å². The second-order valence-corrected chi connectivity index (χ2v) is 10.5. The summed E-state index contributed by atoms with van der Waals surface area (Å²) in [5.74, 6) is 0.879. The van der Waals surface area contributed by atoms with E-state index in [0.29, 0.717) is 35.5 Å². The van der Waals surface area contributed by atoms with E-state index in [1.54, 1.807) is 0 Å². The second kappa shape index (κ2) is 5.95. The lowest BCUT2D eigenvalue weighted by Gasteiger charge is -2.43. The topological polar surface area (TPSA) is 75.9 Å². The molecule has 1 saturated heterocycles. The molecular formula is C21H33N2O3+. The van der Waals surface area contributed by atoms with Gasteiger partial charge in [-0.3, -0.25) is 9.59 Å². The number of carbonyl (C=O) groups excluding carboxylic acids is 2. The van der Waals surface area contributed by atoms with Gasteiger partial charge in [0.15, 0.2) is 11.5 Å². The first-order chi connectivity index (χ1) is 11.8. The average Bonchev–Trinajstić information content (AvgIpc) is 2.70. The molecule has 0 atom stereocenters. The van der Waals surface area contributed by atoms with E-state index in [1.807, 2.05) is 6.92 Å². The first kappa shape index (κ1) is 19.2. The summed E-state index contributed by atoms with van der Waals surface area (Å²) in [5, 5.41) is 5.56. The second-order valence-electron chi connectivity index (χ2n) is 10.5. The van der Waals surface area contributed by atoms with Crippen LogP contribution >= 0.6 is 0 Å². The molecule has 3 rings (SSSR count). The van der Waals surface area contributed by atoms with Crippen LogP contribution in [0.15, 0.2) is 4.42 Å². The molecule has 3 N–H and O–H groups in total. The number of carbonyl (C=O) groups is 2. The van der Waals surface area contributed by atoms with Gasteiger partial charge in [0.2, 0.25) is 0 Å². The lowest BCUT2D eigenvalue weighted by atomic mass is 9.76. The normalized spacial score (nSPS) is 24.2. The minimum atomic E-state index is -0.194. The molecule has 1 aromatic heterocycles. The SMILES string of the molecule is Cc1c(C(=O)NC2CC(C)(C)[NH2+]C(C)(C)C2)oc2c1C(=O)CC(C)(C)C2. The summed E-state index contributed by atoms with van der Waals surface area (Å²) in [6.45, 7) is 14.8. The van der Waals surface area contributed by atoms with Crippen LogP contribution in [-0.2, 0) is 6.42 Å². The van der Waals surface area contributed by atoms with E-state index in [2.05, 4.69) is 52.2 Å². The zero-order chi connectivity index (χ0) is 19.5. The fourth-order valence-corrected chi connectivity index (χ4v) is 5.17. The van der Waals surface area contributed by atoms with Crippen molar-refractivity contribution in [1.82, 2.24) is 5.32 Å². The molecule has 1 aromatic rings. The van der Waals surface area contributed by atoms with Gasteiger partial charge >= 0.3 is 0 Å². The quantitative estimate of drug-likeness (QED) is 0.850. The minimum absolute atomic E-state index is 0.0805. The van der Waals surface area contributed by atoms with Crippen molar-refractivity contribution in [3.05, 3.63) is 22.6 Å². The predicted molar refractivity (Wildman–Crippen MR) is 100 cm³/mol. The minimum Gasteiger partial charge on any atom is -0.455 e. The molecule has 144 valence electrons. The van der Waals surface area contributed by atoms with E-state index >= 15 is 0 Å². The Morgan fingerprint density at radius 3 is 2.23 bits per heavy atom. The molecule has 1 aliphatic heterocycles. The van der Waals surface area contributed by atoms with Crippen LogP contribution in [0.4, 0.5) is 0 Å². The lowest BCUT2D eigenvalue weighted by molar-refractivity contribution is -0.787. The maximum absolute atomic E-state index is 12.9. The van der Waals surface area contributed by atoms with Gasteiger partial charge in [0.25, 0.3) is 5.91 Å². The van der Waals surface area contributed by atoms with Crippen molar-refractivity contribution in [2.45, 2.75) is 91.3 Å². The number of ketones is 1. The van der Waals surface area contributed by atoms with Crippen molar-refractivity contribution in [3.8, 4) is 0 Å². The van der Waals surface area contributed by atoms with E-state index in [1.165, 1.54) is 0 Å². The molecule has 0 bridgehead atoms. The number of fused-ring (bicyclic) bond motifs is 1. The van der Waals surface area contributed by atoms with Crippen LogP contribution < -0.4 is 10.6 Å². The van der Waals surface area contributed by atoms with Gasteiger partial charge in [-0.15, -0.1) is 0 Å². The molecule has 0 saturated carbocycles. The number of hydrogen-bond acceptors (Lipinski definition) is 3. The van der Waals surface area contributed by atoms with Crippen LogP contribution in [-0.4, -0.2) is 28.8 Å². The van der Waals surface area contributed by atoms with Crippen molar-refractivity contribution >= 4 is 11.7 Å². The number of quaternary nitrogens is 1. The van der Waals surface area contributed by atoms with Gasteiger partial charge in [-0.25, -0.2) is 0 Å². The lowest BCUT2D eigenvalue weighted by Crippen LogP contribution is -3.06. The Morgan fingerprint density at radius 1 is 1.08 bits per heavy atom. The van der Waals surface area contributed by atoms with E-state index in [0.717, 1.165) is 12.8 Å². The summed E-state index contributed by atoms with van der Waals surface area (Å²) in [6, 6.07) is 0.103. The van der Waals surface area contributed by atoms with Gasteiger partial charge in [-0.05, 0) is 40.0 Å². The third-order valence-electron chi connectivity index (χ3n) is 5.64. The monoisotopic (exact) mass is 361 g/mol. The highest BCUT2D eigenvalue weighted by molar-refractivity contribution is 6.03. The van der Waals surface area contributed by atoms with Gasteiger partial charge in [0.05, 0.1) is 16.6 Å². The van der Waals surface area contributed by atoms with Crippen LogP contribution in [0.1, 0.15) is 93.0 Å². The molecule has 2 heterocycles. The molecular weight excluding hydrogens is 328 g/mol. The maximum atomic E-state index is 12.9. The van der Waals surface area contributed by atoms with Gasteiger partial charge in [-0.2, -0.15) is 0 Å². The molecule has 1 amide bonds. The van der Waals surface area contributed by atoms with Gasteiger partial charge < -0.3 is 15.1 Å². The molecule has 1 aliphatic carbocycles. The third-order valence-corrected chi connectivity index (χ3v) is 5.64. The number of hydrogen-bond donors (Lipinski definition) is 2. The summed E-state index contributed by atoms with van der Waals surface area (Å²) in [5.41, 5.74) is 1.37. The Balaban J connectivity index is 1.83. The Kier molecular flexibility index (Phi) is 4.38. The largest absolute Gasteiger partial charge is 0.455 e. The van der Waals surface area contributed by atoms with Crippen molar-refractivity contribution in [2.75, 3.05) is 0 Å². The van der Waals surface area contributed by atoms with Crippen molar-refractivity contribution in [3.63, 3.8) is 0 Å². The molecule has 26 heavy (non-hydrogen) atoms. The van der Waals surface area contributed by atoms with Crippen LogP contribution in [0.25, 0.3) is 0 Å². The molecule has 0 unspecified atom stereocenters. The summed E-state index contributed by atoms with van der Waals surface area (Å²) in [6.07, 6.45) is 3.02. The number of nitrogens with one attached hydrogen (secondary N) is 1. The standard InChI is InChI=1S/C21H32N2O3/c1-12-16-14(24)10-19(2,3)11-15(16)26-17(12)18(25)22-13-8-20(4,5)23-21(6,7)9-13/h13,23H,8-11H2,1-7H3,(H,22,25)/p+1. The molecule has 5 nitrogen and oxygen atoms in total. The number of nitrogens with two attached hydrogens (primary N) is 1. The van der Waals surface area contributed by atoms with Crippen molar-refractivity contribution in [2.24, 2.45) is 5.41 Å². The zero-order valence-corrected chi connectivity index (χ0v) is 17.2. The third kappa shape index (κ3) is 3.73. The molecule has 1 fully saturated rings. The highest BCUT2D eigenvalue weighted by atomic mass is 16.4. The molecule has 5 heteroatoms. The van der Waals surface area contributed by atoms with E-state index in [4.69, 9.17) is 4.42 Å². The number of Topliss-reactive ketones (excluding diaryl/α,β-unsaturated/α-hetero) is 1. The fraction of sp³-hybridized carbons (Fsp3) is 0.714. The number of piperidine rings is 1. The van der Waals surface area contributed by atoms with Crippen LogP contribution in [0.3, 0.4) is 0 Å². The molecule has 0 aromatic carbocycles. The average molecular weight is 362 g/mol. The van der Waals surface area contributed by atoms with Crippen LogP contribution in [0, 0.1) is 12.3 Å². The molecule has 0 spiro atoms. The number of rotatable bonds is 2. The number of amides is 1. The van der Waals surface area contributed by atoms with Crippen LogP contribution in [0.2, 0.25) is 0 Å². The highest BCUT2D eigenvalue weighted by Crippen LogP contribution is 2.38. The van der Waals surface area contributed by atoms with Gasteiger partial charge in [-0.1, -0.05) is 13.8 Å². The Hall–Kier alpha value is -1.62. The van der Waals surface area contributed by atoms with Gasteiger partial charge in [0, 0.05) is 37.3 Å². The van der Waals surface area contributed by atoms with E-state index in [-0.39, 0.29) is 34.2 Å². The van der Waals surface area contributed by atoms with Gasteiger partial charge in [0.1, 0.15) is 5.76 Å². The number of furan rings is 1. The summed E-state index contributed by atoms with van der Waals surface area (Å²) < 4.78 is 5.91. The summed E-state index contributed by atoms with van der Waals surface area (Å²) in [4.78, 5) is 25.4. The summed E-state index contributed by atoms with van der Waals surface area (Å²) in [7, 11) is 0. The Labute approximate surface area is 156 Å². The zero-order valence-electron chi connectivity index (χ0n) is 17.2.